The number of rotatable bonds is 6. The van der Waals surface area contributed by atoms with Crippen LogP contribution in [0.4, 0.5) is 0 Å². The van der Waals surface area contributed by atoms with Gasteiger partial charge < -0.3 is 29.2 Å². The lowest BCUT2D eigenvalue weighted by atomic mass is 9.96. The molecule has 2 heterocycles. The number of piperidine rings is 1. The van der Waals surface area contributed by atoms with Gasteiger partial charge in [0.15, 0.2) is 23.0 Å². The molecule has 164 valence electrons. The Balaban J connectivity index is 1.27. The van der Waals surface area contributed by atoms with E-state index in [1.807, 2.05) is 4.90 Å². The molecule has 0 aliphatic carbocycles. The van der Waals surface area contributed by atoms with Gasteiger partial charge in [0.1, 0.15) is 0 Å². The Kier molecular flexibility index (Phi) is 6.16. The van der Waals surface area contributed by atoms with Gasteiger partial charge in [-0.15, -0.1) is 0 Å². The first-order chi connectivity index (χ1) is 15.1. The first-order valence-electron chi connectivity index (χ1n) is 10.3. The van der Waals surface area contributed by atoms with E-state index in [1.54, 1.807) is 43.5 Å². The van der Waals surface area contributed by atoms with Crippen LogP contribution in [0, 0.1) is 5.92 Å². The molecule has 0 unspecified atom stereocenters. The maximum atomic E-state index is 12.8. The molecular formula is C23H26N2O6. The van der Waals surface area contributed by atoms with E-state index in [9.17, 15) is 9.59 Å². The minimum Gasteiger partial charge on any atom is -0.493 e. The summed E-state index contributed by atoms with van der Waals surface area (Å²) in [6.07, 6.45) is 1.67. The molecule has 4 rings (SSSR count). The lowest BCUT2D eigenvalue weighted by molar-refractivity contribution is 0.0684. The Morgan fingerprint density at radius 2 is 1.68 bits per heavy atom. The monoisotopic (exact) mass is 426 g/mol. The Morgan fingerprint density at radius 3 is 2.42 bits per heavy atom. The molecule has 2 aliphatic rings. The van der Waals surface area contributed by atoms with Crippen LogP contribution in [0.2, 0.25) is 0 Å². The maximum absolute atomic E-state index is 12.8. The molecule has 1 N–H and O–H groups in total. The zero-order valence-corrected chi connectivity index (χ0v) is 17.7. The fraction of sp³-hybridized carbons (Fsp3) is 0.391. The number of likely N-dealkylation sites (tertiary alicyclic amines) is 1. The summed E-state index contributed by atoms with van der Waals surface area (Å²) in [6.45, 7) is 2.07. The minimum atomic E-state index is -0.153. The number of hydrogen-bond donors (Lipinski definition) is 1. The smallest absolute Gasteiger partial charge is 0.253 e. The molecule has 0 radical (unpaired) electrons. The molecule has 2 amide bonds. The summed E-state index contributed by atoms with van der Waals surface area (Å²) in [5.41, 5.74) is 1.12. The average molecular weight is 426 g/mol. The number of hydrogen-bond acceptors (Lipinski definition) is 6. The van der Waals surface area contributed by atoms with Crippen molar-refractivity contribution in [2.75, 3.05) is 40.6 Å². The third-order valence-electron chi connectivity index (χ3n) is 5.72. The van der Waals surface area contributed by atoms with Crippen LogP contribution in [0.15, 0.2) is 36.4 Å². The first-order valence-corrected chi connectivity index (χ1v) is 10.3. The third kappa shape index (κ3) is 4.52. The second kappa shape index (κ2) is 9.16. The summed E-state index contributed by atoms with van der Waals surface area (Å²) in [6, 6.07) is 10.4. The highest BCUT2D eigenvalue weighted by atomic mass is 16.7. The largest absolute Gasteiger partial charge is 0.493 e. The van der Waals surface area contributed by atoms with Crippen molar-refractivity contribution in [2.24, 2.45) is 5.92 Å². The molecule has 0 bridgehead atoms. The van der Waals surface area contributed by atoms with E-state index in [4.69, 9.17) is 18.9 Å². The van der Waals surface area contributed by atoms with Gasteiger partial charge in [0.25, 0.3) is 11.8 Å². The van der Waals surface area contributed by atoms with Crippen molar-refractivity contribution in [2.45, 2.75) is 12.8 Å². The van der Waals surface area contributed by atoms with E-state index in [-0.39, 0.29) is 18.6 Å². The standard InChI is InChI=1S/C23H26N2O6/c1-28-18-5-3-16(11-20(18)29-2)22(26)24-13-15-7-9-25(10-8-15)23(27)17-4-6-19-21(12-17)31-14-30-19/h3-6,11-12,15H,7-10,13-14H2,1-2H3,(H,24,26). The predicted molar refractivity (Wildman–Crippen MR) is 113 cm³/mol. The summed E-state index contributed by atoms with van der Waals surface area (Å²) < 4.78 is 21.1. The number of carbonyl (C=O) groups is 2. The van der Waals surface area contributed by atoms with E-state index in [2.05, 4.69) is 5.32 Å². The van der Waals surface area contributed by atoms with Gasteiger partial charge in [0, 0.05) is 30.8 Å². The van der Waals surface area contributed by atoms with Crippen LogP contribution in [0.3, 0.4) is 0 Å². The molecule has 0 spiro atoms. The van der Waals surface area contributed by atoms with Crippen molar-refractivity contribution in [3.05, 3.63) is 47.5 Å². The molecule has 2 aliphatic heterocycles. The quantitative estimate of drug-likeness (QED) is 0.765. The molecule has 2 aromatic carbocycles. The number of ether oxygens (including phenoxy) is 4. The fourth-order valence-electron chi connectivity index (χ4n) is 3.87. The van der Waals surface area contributed by atoms with Crippen molar-refractivity contribution in [3.63, 3.8) is 0 Å². The van der Waals surface area contributed by atoms with E-state index in [0.717, 1.165) is 12.8 Å². The summed E-state index contributed by atoms with van der Waals surface area (Å²) >= 11 is 0. The van der Waals surface area contributed by atoms with Crippen molar-refractivity contribution in [3.8, 4) is 23.0 Å². The third-order valence-corrected chi connectivity index (χ3v) is 5.72. The van der Waals surface area contributed by atoms with E-state index in [0.29, 0.717) is 59.7 Å². The predicted octanol–water partition coefficient (Wildman–Crippen LogP) is 2.71. The number of benzene rings is 2. The normalized spacial score (nSPS) is 15.5. The minimum absolute atomic E-state index is 0.00823. The van der Waals surface area contributed by atoms with Crippen LogP contribution < -0.4 is 24.3 Å². The first kappa shape index (κ1) is 20.8. The molecule has 1 fully saturated rings. The number of nitrogens with one attached hydrogen (secondary N) is 1. The second-order valence-corrected chi connectivity index (χ2v) is 7.58. The lowest BCUT2D eigenvalue weighted by Crippen LogP contribution is -2.41. The summed E-state index contributed by atoms with van der Waals surface area (Å²) in [7, 11) is 3.10. The molecule has 1 saturated heterocycles. The van der Waals surface area contributed by atoms with Gasteiger partial charge in [-0.1, -0.05) is 0 Å². The highest BCUT2D eigenvalue weighted by molar-refractivity contribution is 5.95. The molecular weight excluding hydrogens is 400 g/mol. The van der Waals surface area contributed by atoms with Gasteiger partial charge in [-0.2, -0.15) is 0 Å². The number of methoxy groups -OCH3 is 2. The molecule has 8 nitrogen and oxygen atoms in total. The van der Waals surface area contributed by atoms with Crippen LogP contribution in [-0.2, 0) is 0 Å². The van der Waals surface area contributed by atoms with Crippen molar-refractivity contribution in [1.82, 2.24) is 10.2 Å². The van der Waals surface area contributed by atoms with Crippen LogP contribution in [0.1, 0.15) is 33.6 Å². The topological polar surface area (TPSA) is 86.3 Å². The molecule has 0 aromatic heterocycles. The van der Waals surface area contributed by atoms with E-state index in [1.165, 1.54) is 7.11 Å². The van der Waals surface area contributed by atoms with Crippen molar-refractivity contribution >= 4 is 11.8 Å². The summed E-state index contributed by atoms with van der Waals surface area (Å²) in [5.74, 6) is 2.54. The van der Waals surface area contributed by atoms with Gasteiger partial charge in [0.05, 0.1) is 14.2 Å². The zero-order valence-electron chi connectivity index (χ0n) is 17.7. The SMILES string of the molecule is COc1ccc(C(=O)NCC2CCN(C(=O)c3ccc4c(c3)OCO4)CC2)cc1OC. The molecule has 0 saturated carbocycles. The number of carbonyl (C=O) groups excluding carboxylic acids is 2. The molecule has 8 heteroatoms. The number of nitrogens with zero attached hydrogens (tertiary/aromatic N) is 1. The van der Waals surface area contributed by atoms with Gasteiger partial charge in [-0.05, 0) is 55.2 Å². The Bertz CT molecular complexity index is 969. The van der Waals surface area contributed by atoms with Crippen LogP contribution in [0.25, 0.3) is 0 Å². The van der Waals surface area contributed by atoms with Crippen LogP contribution >= 0.6 is 0 Å². The highest BCUT2D eigenvalue weighted by Gasteiger charge is 2.25. The van der Waals surface area contributed by atoms with Crippen molar-refractivity contribution in [1.29, 1.82) is 0 Å². The number of amides is 2. The van der Waals surface area contributed by atoms with Crippen molar-refractivity contribution < 1.29 is 28.5 Å². The fourth-order valence-corrected chi connectivity index (χ4v) is 3.87. The van der Waals surface area contributed by atoms with Gasteiger partial charge >= 0.3 is 0 Å². The zero-order chi connectivity index (χ0) is 21.8. The van der Waals surface area contributed by atoms with Gasteiger partial charge in [-0.25, -0.2) is 0 Å². The summed E-state index contributed by atoms with van der Waals surface area (Å²) in [4.78, 5) is 27.2. The Morgan fingerprint density at radius 1 is 0.968 bits per heavy atom. The Hall–Kier alpha value is -3.42. The van der Waals surface area contributed by atoms with Crippen LogP contribution in [-0.4, -0.2) is 57.4 Å². The van der Waals surface area contributed by atoms with E-state index < -0.39 is 0 Å². The maximum Gasteiger partial charge on any atom is 0.253 e. The molecule has 0 atom stereocenters. The second-order valence-electron chi connectivity index (χ2n) is 7.58. The molecule has 2 aromatic rings. The molecule has 31 heavy (non-hydrogen) atoms. The highest BCUT2D eigenvalue weighted by Crippen LogP contribution is 2.33. The number of fused-ring (bicyclic) bond motifs is 1. The summed E-state index contributed by atoms with van der Waals surface area (Å²) in [5, 5.41) is 2.99. The van der Waals surface area contributed by atoms with E-state index >= 15 is 0 Å². The Labute approximate surface area is 181 Å². The van der Waals surface area contributed by atoms with Crippen LogP contribution in [0.5, 0.6) is 23.0 Å². The van der Waals surface area contributed by atoms with Gasteiger partial charge in [-0.3, -0.25) is 9.59 Å². The lowest BCUT2D eigenvalue weighted by Gasteiger charge is -2.32. The average Bonchev–Trinajstić information content (AvgIpc) is 3.30. The van der Waals surface area contributed by atoms with Gasteiger partial charge in [0.2, 0.25) is 6.79 Å².